The fraction of sp³-hybridized carbons (Fsp3) is 0.786. The smallest absolute Gasteiger partial charge is 0.316 e. The van der Waals surface area contributed by atoms with Crippen molar-refractivity contribution in [3.05, 3.63) is 0 Å². The molecule has 10 nitrogen and oxygen atoms in total. The molecule has 0 saturated heterocycles. The highest BCUT2D eigenvalue weighted by molar-refractivity contribution is 8.00. The molecule has 0 amide bonds. The molecular formula is C14H24O10S3. The molecule has 0 bridgehead atoms. The predicted molar refractivity (Wildman–Crippen MR) is 101 cm³/mol. The average molecular weight is 449 g/mol. The largest absolute Gasteiger partial charge is 0.463 e. The second kappa shape index (κ2) is 20.0. The van der Waals surface area contributed by atoms with E-state index in [0.29, 0.717) is 5.75 Å². The number of esters is 3. The summed E-state index contributed by atoms with van der Waals surface area (Å²) in [6, 6.07) is 0. The van der Waals surface area contributed by atoms with Crippen LogP contribution in [0, 0.1) is 0 Å². The molecule has 27 heavy (non-hydrogen) atoms. The van der Waals surface area contributed by atoms with Gasteiger partial charge in [0.05, 0.1) is 37.1 Å². The molecule has 0 rings (SSSR count). The van der Waals surface area contributed by atoms with Gasteiger partial charge >= 0.3 is 17.9 Å². The molecule has 2 N–H and O–H groups in total. The molecule has 0 aliphatic heterocycles. The third-order valence-electron chi connectivity index (χ3n) is 2.20. The van der Waals surface area contributed by atoms with Crippen molar-refractivity contribution in [2.45, 2.75) is 0 Å². The van der Waals surface area contributed by atoms with Crippen molar-refractivity contribution < 1.29 is 48.6 Å². The van der Waals surface area contributed by atoms with E-state index in [1.54, 1.807) is 0 Å². The fourth-order valence-electron chi connectivity index (χ4n) is 1.18. The Bertz CT molecular complexity index is 411. The summed E-state index contributed by atoms with van der Waals surface area (Å²) in [6.07, 6.45) is 0. The zero-order chi connectivity index (χ0) is 20.2. The van der Waals surface area contributed by atoms with E-state index in [0.717, 1.165) is 11.8 Å². The lowest BCUT2D eigenvalue weighted by molar-refractivity contribution is -0.274. The van der Waals surface area contributed by atoms with Crippen molar-refractivity contribution in [1.29, 1.82) is 0 Å². The highest BCUT2D eigenvalue weighted by atomic mass is 32.2. The van der Waals surface area contributed by atoms with Crippen LogP contribution in [0.5, 0.6) is 0 Å². The number of thioether (sulfide) groups is 3. The third-order valence-corrected chi connectivity index (χ3v) is 4.52. The highest BCUT2D eigenvalue weighted by Gasteiger charge is 2.07. The summed E-state index contributed by atoms with van der Waals surface area (Å²) in [4.78, 5) is 43.3. The molecule has 0 aromatic rings. The van der Waals surface area contributed by atoms with Crippen molar-refractivity contribution in [2.24, 2.45) is 0 Å². The molecule has 0 aliphatic rings. The number of aliphatic hydroxyl groups excluding tert-OH is 2. The topological polar surface area (TPSA) is 138 Å². The van der Waals surface area contributed by atoms with Gasteiger partial charge in [-0.05, 0) is 0 Å². The van der Waals surface area contributed by atoms with Crippen LogP contribution in [0.4, 0.5) is 0 Å². The number of hydrogen-bond acceptors (Lipinski definition) is 13. The molecule has 0 aromatic heterocycles. The summed E-state index contributed by atoms with van der Waals surface area (Å²) in [6.45, 7) is -0.212. The van der Waals surface area contributed by atoms with Crippen molar-refractivity contribution in [2.75, 3.05) is 67.9 Å². The van der Waals surface area contributed by atoms with Crippen LogP contribution >= 0.6 is 35.3 Å². The van der Waals surface area contributed by atoms with Crippen molar-refractivity contribution >= 4 is 53.2 Å². The number of hydrogen-bond donors (Lipinski definition) is 2. The maximum atomic E-state index is 11.4. The molecule has 0 spiro atoms. The van der Waals surface area contributed by atoms with Crippen LogP contribution < -0.4 is 0 Å². The van der Waals surface area contributed by atoms with Crippen LogP contribution in [0.3, 0.4) is 0 Å². The number of ether oxygens (including phenoxy) is 3. The van der Waals surface area contributed by atoms with Gasteiger partial charge < -0.3 is 24.4 Å². The van der Waals surface area contributed by atoms with Gasteiger partial charge in [-0.25, -0.2) is 9.78 Å². The number of carbonyl (C=O) groups excluding carboxylic acids is 3. The van der Waals surface area contributed by atoms with E-state index in [1.807, 2.05) is 0 Å². The zero-order valence-corrected chi connectivity index (χ0v) is 17.1. The van der Waals surface area contributed by atoms with Gasteiger partial charge in [0.15, 0.2) is 0 Å². The maximum absolute atomic E-state index is 11.4. The molecule has 0 atom stereocenters. The van der Waals surface area contributed by atoms with E-state index in [4.69, 9.17) is 24.7 Å². The summed E-state index contributed by atoms with van der Waals surface area (Å²) >= 11 is 3.56. The molecule has 0 aliphatic carbocycles. The van der Waals surface area contributed by atoms with Gasteiger partial charge in [0.2, 0.25) is 0 Å². The van der Waals surface area contributed by atoms with Gasteiger partial charge in [0.25, 0.3) is 0 Å². The van der Waals surface area contributed by atoms with Crippen LogP contribution in [0.1, 0.15) is 0 Å². The van der Waals surface area contributed by atoms with E-state index >= 15 is 0 Å². The molecule has 0 radical (unpaired) electrons. The minimum absolute atomic E-state index is 0.00332. The summed E-state index contributed by atoms with van der Waals surface area (Å²) < 4.78 is 14.2. The lowest BCUT2D eigenvalue weighted by Crippen LogP contribution is -2.13. The maximum Gasteiger partial charge on any atom is 0.316 e. The second-order valence-corrected chi connectivity index (χ2v) is 7.30. The number of aliphatic hydroxyl groups is 2. The van der Waals surface area contributed by atoms with Crippen molar-refractivity contribution in [3.63, 3.8) is 0 Å². The molecular weight excluding hydrogens is 424 g/mol. The Kier molecular flexibility index (Phi) is 19.5. The fourth-order valence-corrected chi connectivity index (χ4v) is 2.78. The van der Waals surface area contributed by atoms with Gasteiger partial charge in [-0.2, -0.15) is 0 Å². The van der Waals surface area contributed by atoms with E-state index < -0.39 is 17.9 Å². The van der Waals surface area contributed by atoms with Crippen LogP contribution in [-0.4, -0.2) is 96.0 Å². The van der Waals surface area contributed by atoms with Crippen molar-refractivity contribution in [1.82, 2.24) is 0 Å². The lowest BCUT2D eigenvalue weighted by atomic mass is 10.7. The van der Waals surface area contributed by atoms with Gasteiger partial charge in [0.1, 0.15) is 25.1 Å². The zero-order valence-electron chi connectivity index (χ0n) is 14.7. The Labute approximate surface area is 169 Å². The molecule has 13 heteroatoms. The minimum Gasteiger partial charge on any atom is -0.463 e. The Morgan fingerprint density at radius 1 is 0.630 bits per heavy atom. The predicted octanol–water partition coefficient (Wildman–Crippen LogP) is -0.337. The molecule has 0 fully saturated rings. The van der Waals surface area contributed by atoms with Crippen molar-refractivity contribution in [3.8, 4) is 0 Å². The number of rotatable bonds is 18. The average Bonchev–Trinajstić information content (AvgIpc) is 2.66. The van der Waals surface area contributed by atoms with Crippen LogP contribution in [0.2, 0.25) is 0 Å². The first-order chi connectivity index (χ1) is 13.1. The van der Waals surface area contributed by atoms with Crippen LogP contribution in [0.15, 0.2) is 0 Å². The first-order valence-electron chi connectivity index (χ1n) is 7.76. The third kappa shape index (κ3) is 19.9. The van der Waals surface area contributed by atoms with Gasteiger partial charge in [-0.1, -0.05) is 11.8 Å². The molecule has 0 saturated carbocycles. The first kappa shape index (κ1) is 26.3. The van der Waals surface area contributed by atoms with E-state index in [2.05, 4.69) is 9.47 Å². The Morgan fingerprint density at radius 2 is 1.19 bits per heavy atom. The Balaban J connectivity index is 3.31. The minimum atomic E-state index is -0.498. The van der Waals surface area contributed by atoms with Gasteiger partial charge in [0, 0.05) is 5.75 Å². The summed E-state index contributed by atoms with van der Waals surface area (Å²) in [5.74, 6) is -0.375. The SMILES string of the molecule is O=C(CSCCOOCSCOC(=O)CSCC(=O)OCCO)OCCO. The van der Waals surface area contributed by atoms with Crippen LogP contribution in [-0.2, 0) is 38.4 Å². The summed E-state index contributed by atoms with van der Waals surface area (Å²) in [5, 5.41) is 17.0. The normalized spacial score (nSPS) is 10.4. The Morgan fingerprint density at radius 3 is 1.78 bits per heavy atom. The Hall–Kier alpha value is -0.700. The van der Waals surface area contributed by atoms with E-state index in [9.17, 15) is 14.4 Å². The van der Waals surface area contributed by atoms with Crippen LogP contribution in [0.25, 0.3) is 0 Å². The summed E-state index contributed by atoms with van der Waals surface area (Å²) in [7, 11) is 0. The quantitative estimate of drug-likeness (QED) is 0.0707. The van der Waals surface area contributed by atoms with Gasteiger partial charge in [-0.3, -0.25) is 14.4 Å². The van der Waals surface area contributed by atoms with E-state index in [1.165, 1.54) is 23.5 Å². The monoisotopic (exact) mass is 448 g/mol. The van der Waals surface area contributed by atoms with Gasteiger partial charge in [-0.15, -0.1) is 23.5 Å². The highest BCUT2D eigenvalue weighted by Crippen LogP contribution is 2.06. The molecule has 158 valence electrons. The lowest BCUT2D eigenvalue weighted by Gasteiger charge is -2.06. The second-order valence-electron chi connectivity index (χ2n) is 4.33. The molecule has 0 aromatic carbocycles. The molecule has 0 heterocycles. The van der Waals surface area contributed by atoms with E-state index in [-0.39, 0.29) is 62.2 Å². The molecule has 0 unspecified atom stereocenters. The standard InChI is InChI=1S/C14H24O10S3/c15-1-3-20-12(17)7-25-6-5-23-24-11-27-10-22-14(19)9-26-8-13(18)21-4-2-16/h15-16H,1-11H2. The first-order valence-corrected chi connectivity index (χ1v) is 11.2. The number of carbonyl (C=O) groups is 3. The summed E-state index contributed by atoms with van der Waals surface area (Å²) in [5.41, 5.74) is 0.